The first-order valence-electron chi connectivity index (χ1n) is 3.43. The van der Waals surface area contributed by atoms with Crippen LogP contribution in [0.1, 0.15) is 16.1 Å². The molecule has 0 aliphatic carbocycles. The quantitative estimate of drug-likeness (QED) is 0.346. The first-order chi connectivity index (χ1) is 5.65. The Bertz CT molecular complexity index is 309. The molecular formula is C8H9NO3. The fraction of sp³-hybridized carbons (Fsp3) is 0.250. The van der Waals surface area contributed by atoms with Crippen molar-refractivity contribution in [2.75, 3.05) is 7.11 Å². The van der Waals surface area contributed by atoms with Crippen molar-refractivity contribution in [1.82, 2.24) is 0 Å². The number of nitrogens with zero attached hydrogens (tertiary/aromatic N) is 1. The summed E-state index contributed by atoms with van der Waals surface area (Å²) in [7, 11) is 1.24. The third-order valence-electron chi connectivity index (χ3n) is 1.47. The second-order valence-corrected chi connectivity index (χ2v) is 2.41. The van der Waals surface area contributed by atoms with E-state index in [0.717, 1.165) is 5.56 Å². The van der Waals surface area contributed by atoms with Gasteiger partial charge in [-0.05, 0) is 12.5 Å². The molecule has 1 aromatic heterocycles. The van der Waals surface area contributed by atoms with Crippen molar-refractivity contribution < 1.29 is 14.3 Å². The van der Waals surface area contributed by atoms with Crippen molar-refractivity contribution in [3.63, 3.8) is 0 Å². The number of methoxy groups -OCH3 is 1. The molecule has 0 aliphatic heterocycles. The van der Waals surface area contributed by atoms with Gasteiger partial charge in [0, 0.05) is 12.1 Å². The van der Waals surface area contributed by atoms with Gasteiger partial charge in [-0.1, -0.05) is 0 Å². The summed E-state index contributed by atoms with van der Waals surface area (Å²) in [4.78, 5) is 10.9. The third kappa shape index (κ3) is 1.53. The maximum Gasteiger partial charge on any atom is 0.404 e. The van der Waals surface area contributed by atoms with Gasteiger partial charge in [0.15, 0.2) is 6.20 Å². The van der Waals surface area contributed by atoms with Crippen molar-refractivity contribution in [2.45, 2.75) is 6.92 Å². The number of aryl methyl sites for hydroxylation is 1. The molecule has 0 bridgehead atoms. The summed E-state index contributed by atoms with van der Waals surface area (Å²) < 4.78 is 4.90. The molecule has 0 radical (unpaired) electrons. The lowest BCUT2D eigenvalue weighted by atomic mass is 10.2. The van der Waals surface area contributed by atoms with Gasteiger partial charge in [0.05, 0.1) is 7.11 Å². The largest absolute Gasteiger partial charge is 0.618 e. The fourth-order valence-electron chi connectivity index (χ4n) is 0.846. The highest BCUT2D eigenvalue weighted by Gasteiger charge is 2.15. The Morgan fingerprint density at radius 3 is 2.92 bits per heavy atom. The van der Waals surface area contributed by atoms with Gasteiger partial charge in [-0.2, -0.15) is 4.73 Å². The Kier molecular flexibility index (Phi) is 2.28. The van der Waals surface area contributed by atoms with Crippen LogP contribution in [0.5, 0.6) is 0 Å². The minimum absolute atomic E-state index is 0.0116. The van der Waals surface area contributed by atoms with E-state index in [0.29, 0.717) is 4.73 Å². The normalized spacial score (nSPS) is 9.50. The molecule has 12 heavy (non-hydrogen) atoms. The summed E-state index contributed by atoms with van der Waals surface area (Å²) in [6, 6.07) is 3.11. The smallest absolute Gasteiger partial charge is 0.404 e. The molecule has 0 atom stereocenters. The van der Waals surface area contributed by atoms with Gasteiger partial charge in [-0.25, -0.2) is 4.79 Å². The Balaban J connectivity index is 3.13. The maximum absolute atomic E-state index is 11.0. The number of pyridine rings is 1. The Morgan fingerprint density at radius 1 is 1.67 bits per heavy atom. The van der Waals surface area contributed by atoms with Gasteiger partial charge in [-0.3, -0.25) is 0 Å². The van der Waals surface area contributed by atoms with Crippen molar-refractivity contribution in [2.24, 2.45) is 0 Å². The highest BCUT2D eigenvalue weighted by atomic mass is 16.5. The Morgan fingerprint density at radius 2 is 2.33 bits per heavy atom. The molecule has 0 unspecified atom stereocenters. The van der Waals surface area contributed by atoms with Gasteiger partial charge in [0.1, 0.15) is 0 Å². The van der Waals surface area contributed by atoms with Crippen LogP contribution in [0.25, 0.3) is 0 Å². The van der Waals surface area contributed by atoms with Crippen LogP contribution in [-0.2, 0) is 4.74 Å². The summed E-state index contributed by atoms with van der Waals surface area (Å²) in [5, 5.41) is 11.0. The number of carbonyl (C=O) groups is 1. The van der Waals surface area contributed by atoms with Crippen LogP contribution in [0.3, 0.4) is 0 Å². The van der Waals surface area contributed by atoms with Crippen LogP contribution in [0.4, 0.5) is 0 Å². The van der Waals surface area contributed by atoms with Crippen LogP contribution in [0.2, 0.25) is 0 Å². The van der Waals surface area contributed by atoms with E-state index in [9.17, 15) is 10.0 Å². The number of hydrogen-bond acceptors (Lipinski definition) is 3. The molecule has 0 amide bonds. The van der Waals surface area contributed by atoms with Crippen LogP contribution >= 0.6 is 0 Å². The van der Waals surface area contributed by atoms with E-state index in [1.807, 2.05) is 0 Å². The lowest BCUT2D eigenvalue weighted by Gasteiger charge is -2.02. The average Bonchev–Trinajstić information content (AvgIpc) is 2.08. The zero-order valence-electron chi connectivity index (χ0n) is 6.90. The first kappa shape index (κ1) is 8.52. The lowest BCUT2D eigenvalue weighted by molar-refractivity contribution is -0.608. The van der Waals surface area contributed by atoms with Crippen LogP contribution < -0.4 is 4.73 Å². The van der Waals surface area contributed by atoms with Crippen LogP contribution in [-0.4, -0.2) is 13.1 Å². The summed E-state index contributed by atoms with van der Waals surface area (Å²) in [5.41, 5.74) is 0.861. The topological polar surface area (TPSA) is 53.2 Å². The minimum atomic E-state index is -0.617. The first-order valence-corrected chi connectivity index (χ1v) is 3.43. The van der Waals surface area contributed by atoms with E-state index in [4.69, 9.17) is 0 Å². The lowest BCUT2D eigenvalue weighted by Crippen LogP contribution is -2.34. The molecular weight excluding hydrogens is 158 g/mol. The summed E-state index contributed by atoms with van der Waals surface area (Å²) >= 11 is 0. The predicted octanol–water partition coefficient (Wildman–Crippen LogP) is 0.415. The van der Waals surface area contributed by atoms with Crippen molar-refractivity contribution in [1.29, 1.82) is 0 Å². The van der Waals surface area contributed by atoms with E-state index in [1.54, 1.807) is 13.0 Å². The predicted molar refractivity (Wildman–Crippen MR) is 41.5 cm³/mol. The SMILES string of the molecule is COC(=O)c1cc(C)cc[n+]1[O-]. The molecule has 1 aromatic rings. The van der Waals surface area contributed by atoms with Crippen LogP contribution in [0, 0.1) is 12.1 Å². The Labute approximate surface area is 70.0 Å². The molecule has 0 aliphatic rings. The summed E-state index contributed by atoms with van der Waals surface area (Å²) in [6.45, 7) is 1.80. The van der Waals surface area contributed by atoms with E-state index in [-0.39, 0.29) is 5.69 Å². The number of esters is 1. The fourth-order valence-corrected chi connectivity index (χ4v) is 0.846. The van der Waals surface area contributed by atoms with E-state index >= 15 is 0 Å². The van der Waals surface area contributed by atoms with Gasteiger partial charge in [0.25, 0.3) is 0 Å². The molecule has 0 saturated carbocycles. The van der Waals surface area contributed by atoms with E-state index < -0.39 is 5.97 Å². The molecule has 4 nitrogen and oxygen atoms in total. The molecule has 0 saturated heterocycles. The van der Waals surface area contributed by atoms with Gasteiger partial charge < -0.3 is 9.94 Å². The molecule has 4 heteroatoms. The number of ether oxygens (including phenoxy) is 1. The highest BCUT2D eigenvalue weighted by Crippen LogP contribution is 1.98. The van der Waals surface area contributed by atoms with Crippen LogP contribution in [0.15, 0.2) is 18.3 Å². The number of aromatic nitrogens is 1. The molecule has 0 N–H and O–H groups in total. The standard InChI is InChI=1S/C8H9NO3/c1-6-3-4-9(11)7(5-6)8(10)12-2/h3-5H,1-2H3. The molecule has 64 valence electrons. The van der Waals surface area contributed by atoms with E-state index in [1.165, 1.54) is 19.4 Å². The van der Waals surface area contributed by atoms with Crippen molar-refractivity contribution in [3.05, 3.63) is 34.8 Å². The molecule has 1 heterocycles. The second-order valence-electron chi connectivity index (χ2n) is 2.41. The Hall–Kier alpha value is -1.58. The monoisotopic (exact) mass is 167 g/mol. The van der Waals surface area contributed by atoms with E-state index in [2.05, 4.69) is 4.74 Å². The van der Waals surface area contributed by atoms with Gasteiger partial charge in [0.2, 0.25) is 0 Å². The average molecular weight is 167 g/mol. The van der Waals surface area contributed by atoms with Gasteiger partial charge in [-0.15, -0.1) is 0 Å². The highest BCUT2D eigenvalue weighted by molar-refractivity contribution is 5.85. The number of carbonyl (C=O) groups excluding carboxylic acids is 1. The summed E-state index contributed by atoms with van der Waals surface area (Å²) in [6.07, 6.45) is 1.28. The minimum Gasteiger partial charge on any atom is -0.618 e. The molecule has 0 fully saturated rings. The maximum atomic E-state index is 11.0. The summed E-state index contributed by atoms with van der Waals surface area (Å²) in [5.74, 6) is -0.617. The third-order valence-corrected chi connectivity index (χ3v) is 1.47. The van der Waals surface area contributed by atoms with Gasteiger partial charge >= 0.3 is 11.7 Å². The number of hydrogen-bond donors (Lipinski definition) is 0. The molecule has 0 aromatic carbocycles. The zero-order chi connectivity index (χ0) is 9.14. The zero-order valence-corrected chi connectivity index (χ0v) is 6.90. The molecule has 1 rings (SSSR count). The second kappa shape index (κ2) is 3.21. The van der Waals surface area contributed by atoms with Crippen molar-refractivity contribution >= 4 is 5.97 Å². The van der Waals surface area contributed by atoms with Crippen molar-refractivity contribution in [3.8, 4) is 0 Å². The molecule has 0 spiro atoms. The number of rotatable bonds is 1.